The molecule has 88 valence electrons. The highest BCUT2D eigenvalue weighted by Crippen LogP contribution is 2.30. The molecule has 4 atom stereocenters. The van der Waals surface area contributed by atoms with Gasteiger partial charge >= 0.3 is 5.69 Å². The molecule has 7 heteroatoms. The van der Waals surface area contributed by atoms with Crippen LogP contribution in [0, 0.1) is 0 Å². The smallest absolute Gasteiger partial charge is 0.349 e. The predicted molar refractivity (Wildman–Crippen MR) is 50.4 cm³/mol. The Morgan fingerprint density at radius 2 is 2.38 bits per heavy atom. The summed E-state index contributed by atoms with van der Waals surface area (Å²) in [6.45, 7) is -0.507. The topological polar surface area (TPSA) is 84.6 Å². The zero-order valence-corrected chi connectivity index (χ0v) is 8.23. The third-order valence-electron chi connectivity index (χ3n) is 2.49. The van der Waals surface area contributed by atoms with E-state index in [0.717, 1.165) is 4.57 Å². The lowest BCUT2D eigenvalue weighted by atomic mass is 10.1. The third kappa shape index (κ3) is 1.73. The molecule has 2 N–H and O–H groups in total. The van der Waals surface area contributed by atoms with E-state index in [4.69, 9.17) is 9.84 Å². The maximum Gasteiger partial charge on any atom is 0.349 e. The van der Waals surface area contributed by atoms with Gasteiger partial charge in [-0.25, -0.2) is 14.2 Å². The van der Waals surface area contributed by atoms with E-state index in [2.05, 4.69) is 4.98 Å². The minimum atomic E-state index is -1.76. The molecular formula is C9H11FN2O4. The molecule has 2 rings (SSSR count). The van der Waals surface area contributed by atoms with Crippen LogP contribution in [0.2, 0.25) is 0 Å². The molecule has 0 aromatic carbocycles. The van der Waals surface area contributed by atoms with Crippen molar-refractivity contribution in [3.63, 3.8) is 0 Å². The lowest BCUT2D eigenvalue weighted by Gasteiger charge is -2.14. The van der Waals surface area contributed by atoms with Crippen molar-refractivity contribution < 1.29 is 19.3 Å². The molecule has 1 aromatic heterocycles. The molecule has 6 nitrogen and oxygen atoms in total. The van der Waals surface area contributed by atoms with Crippen molar-refractivity contribution in [2.75, 3.05) is 6.61 Å². The highest BCUT2D eigenvalue weighted by molar-refractivity contribution is 4.92. The number of hydrogen-bond acceptors (Lipinski definition) is 5. The molecule has 1 aliphatic rings. The molecule has 0 aliphatic carbocycles. The van der Waals surface area contributed by atoms with Crippen molar-refractivity contribution >= 4 is 0 Å². The van der Waals surface area contributed by atoms with E-state index in [1.54, 1.807) is 0 Å². The fourth-order valence-electron chi connectivity index (χ4n) is 1.64. The fourth-order valence-corrected chi connectivity index (χ4v) is 1.64. The van der Waals surface area contributed by atoms with Gasteiger partial charge in [0.2, 0.25) is 0 Å². The lowest BCUT2D eigenvalue weighted by Crippen LogP contribution is -2.33. The Labute approximate surface area is 89.9 Å². The van der Waals surface area contributed by atoms with E-state index in [1.165, 1.54) is 18.5 Å². The van der Waals surface area contributed by atoms with Gasteiger partial charge in [-0.3, -0.25) is 4.57 Å². The average Bonchev–Trinajstić information content (AvgIpc) is 2.57. The van der Waals surface area contributed by atoms with Crippen molar-refractivity contribution in [1.82, 2.24) is 9.55 Å². The van der Waals surface area contributed by atoms with Crippen LogP contribution >= 0.6 is 0 Å². The number of aliphatic hydroxyl groups is 2. The Balaban J connectivity index is 2.30. The molecule has 0 saturated carbocycles. The number of nitrogens with zero attached hydrogens (tertiary/aromatic N) is 2. The van der Waals surface area contributed by atoms with E-state index >= 15 is 0 Å². The van der Waals surface area contributed by atoms with Crippen molar-refractivity contribution in [2.24, 2.45) is 0 Å². The summed E-state index contributed by atoms with van der Waals surface area (Å²) in [6.07, 6.45) is -2.87. The van der Waals surface area contributed by atoms with Crippen molar-refractivity contribution in [3.8, 4) is 0 Å². The number of ether oxygens (including phenoxy) is 1. The largest absolute Gasteiger partial charge is 0.394 e. The Hall–Kier alpha value is -1.31. The van der Waals surface area contributed by atoms with Crippen LogP contribution in [0.5, 0.6) is 0 Å². The first-order valence-electron chi connectivity index (χ1n) is 4.76. The van der Waals surface area contributed by atoms with Gasteiger partial charge in [0.1, 0.15) is 12.2 Å². The van der Waals surface area contributed by atoms with Crippen LogP contribution in [0.15, 0.2) is 23.3 Å². The standard InChI is InChI=1S/C9H11FN2O4/c10-6-7(14)5(4-13)16-8(6)12-3-1-2-11-9(12)15/h1-3,5-8,13-14H,4H2/t5-,6+,7-,8-/m1/s1. The SMILES string of the molecule is O=c1ncccn1[C@@H]1O[C@H](CO)[C@@H](O)[C@@H]1F. The number of halogens is 1. The Bertz CT molecular complexity index is 424. The summed E-state index contributed by atoms with van der Waals surface area (Å²) in [5, 5.41) is 18.2. The summed E-state index contributed by atoms with van der Waals surface area (Å²) in [5.41, 5.74) is -0.666. The highest BCUT2D eigenvalue weighted by atomic mass is 19.1. The Kier molecular flexibility index (Phi) is 2.99. The number of rotatable bonds is 2. The van der Waals surface area contributed by atoms with Crippen LogP contribution in [0.25, 0.3) is 0 Å². The second kappa shape index (κ2) is 4.28. The van der Waals surface area contributed by atoms with Crippen LogP contribution in [-0.2, 0) is 4.74 Å². The molecule has 0 radical (unpaired) electrons. The number of alkyl halides is 1. The monoisotopic (exact) mass is 230 g/mol. The number of aliphatic hydroxyl groups excluding tert-OH is 2. The molecule has 1 aromatic rings. The maximum absolute atomic E-state index is 13.6. The quantitative estimate of drug-likeness (QED) is 0.669. The summed E-state index contributed by atoms with van der Waals surface area (Å²) in [4.78, 5) is 14.8. The van der Waals surface area contributed by atoms with E-state index in [1.807, 2.05) is 0 Å². The van der Waals surface area contributed by atoms with E-state index < -0.39 is 36.9 Å². The average molecular weight is 230 g/mol. The molecule has 1 fully saturated rings. The first kappa shape index (κ1) is 11.2. The zero-order chi connectivity index (χ0) is 11.7. The lowest BCUT2D eigenvalue weighted by molar-refractivity contribution is -0.0491. The molecule has 0 bridgehead atoms. The highest BCUT2D eigenvalue weighted by Gasteiger charge is 2.45. The summed E-state index contributed by atoms with van der Waals surface area (Å²) < 4.78 is 19.6. The second-order valence-electron chi connectivity index (χ2n) is 3.49. The number of hydrogen-bond donors (Lipinski definition) is 2. The molecule has 2 heterocycles. The van der Waals surface area contributed by atoms with Crippen molar-refractivity contribution in [3.05, 3.63) is 28.9 Å². The summed E-state index contributed by atoms with van der Waals surface area (Å²) in [6, 6.07) is 1.45. The van der Waals surface area contributed by atoms with Gasteiger partial charge in [0.15, 0.2) is 12.4 Å². The molecule has 1 saturated heterocycles. The second-order valence-corrected chi connectivity index (χ2v) is 3.49. The van der Waals surface area contributed by atoms with Crippen LogP contribution in [-0.4, -0.2) is 44.8 Å². The minimum absolute atomic E-state index is 0.507. The van der Waals surface area contributed by atoms with Crippen LogP contribution in [0.4, 0.5) is 4.39 Å². The van der Waals surface area contributed by atoms with Gasteiger partial charge < -0.3 is 14.9 Å². The zero-order valence-electron chi connectivity index (χ0n) is 8.23. The summed E-state index contributed by atoms with van der Waals surface area (Å²) in [5.74, 6) is 0. The van der Waals surface area contributed by atoms with Gasteiger partial charge in [-0.1, -0.05) is 0 Å². The molecule has 0 amide bonds. The van der Waals surface area contributed by atoms with Gasteiger partial charge in [-0.15, -0.1) is 0 Å². The van der Waals surface area contributed by atoms with Crippen molar-refractivity contribution in [2.45, 2.75) is 24.6 Å². The number of aromatic nitrogens is 2. The Morgan fingerprint density at radius 3 is 2.94 bits per heavy atom. The first-order valence-corrected chi connectivity index (χ1v) is 4.76. The van der Waals surface area contributed by atoms with Crippen LogP contribution in [0.1, 0.15) is 6.23 Å². The first-order chi connectivity index (χ1) is 7.65. The molecule has 0 spiro atoms. The van der Waals surface area contributed by atoms with Gasteiger partial charge in [-0.05, 0) is 6.07 Å². The summed E-state index contributed by atoms with van der Waals surface area (Å²) in [7, 11) is 0. The van der Waals surface area contributed by atoms with E-state index in [-0.39, 0.29) is 0 Å². The maximum atomic E-state index is 13.6. The van der Waals surface area contributed by atoms with Crippen molar-refractivity contribution in [1.29, 1.82) is 0 Å². The third-order valence-corrected chi connectivity index (χ3v) is 2.49. The van der Waals surface area contributed by atoms with Gasteiger partial charge in [0.25, 0.3) is 0 Å². The van der Waals surface area contributed by atoms with Gasteiger partial charge in [-0.2, -0.15) is 0 Å². The molecule has 0 unspecified atom stereocenters. The van der Waals surface area contributed by atoms with Crippen LogP contribution < -0.4 is 5.69 Å². The normalized spacial score (nSPS) is 34.2. The van der Waals surface area contributed by atoms with E-state index in [0.29, 0.717) is 0 Å². The predicted octanol–water partition coefficient (Wildman–Crippen LogP) is -1.17. The van der Waals surface area contributed by atoms with Gasteiger partial charge in [0.05, 0.1) is 6.61 Å². The molecule has 16 heavy (non-hydrogen) atoms. The minimum Gasteiger partial charge on any atom is -0.394 e. The van der Waals surface area contributed by atoms with Gasteiger partial charge in [0, 0.05) is 12.4 Å². The molecular weight excluding hydrogens is 219 g/mol. The summed E-state index contributed by atoms with van der Waals surface area (Å²) >= 11 is 0. The fraction of sp³-hybridized carbons (Fsp3) is 0.556. The van der Waals surface area contributed by atoms with E-state index in [9.17, 15) is 14.3 Å². The Morgan fingerprint density at radius 1 is 1.62 bits per heavy atom. The van der Waals surface area contributed by atoms with Crippen LogP contribution in [0.3, 0.4) is 0 Å². The molecule has 1 aliphatic heterocycles.